The van der Waals surface area contributed by atoms with Crippen molar-refractivity contribution in [2.75, 3.05) is 12.4 Å². The van der Waals surface area contributed by atoms with Gasteiger partial charge in [0.05, 0.1) is 22.7 Å². The number of benzene rings is 1. The van der Waals surface area contributed by atoms with Gasteiger partial charge in [0, 0.05) is 0 Å². The predicted octanol–water partition coefficient (Wildman–Crippen LogP) is 3.58. The summed E-state index contributed by atoms with van der Waals surface area (Å²) >= 11 is 6.87. The molecule has 0 saturated carbocycles. The van der Waals surface area contributed by atoms with Crippen LogP contribution < -0.4 is 5.32 Å². The van der Waals surface area contributed by atoms with Crippen molar-refractivity contribution in [2.24, 2.45) is 0 Å². The maximum Gasteiger partial charge on any atom is 0.348 e. The summed E-state index contributed by atoms with van der Waals surface area (Å²) in [5, 5.41) is 3.07. The van der Waals surface area contributed by atoms with Crippen molar-refractivity contribution >= 4 is 39.8 Å². The number of rotatable bonds is 3. The molecule has 0 unspecified atom stereocenters. The molecule has 1 amide bonds. The van der Waals surface area contributed by atoms with Crippen LogP contribution in [-0.2, 0) is 4.74 Å². The fourth-order valence-electron chi connectivity index (χ4n) is 1.47. The molecule has 0 aliphatic rings. The first kappa shape index (κ1) is 14.5. The van der Waals surface area contributed by atoms with Gasteiger partial charge in [-0.1, -0.05) is 11.6 Å². The first-order valence-corrected chi connectivity index (χ1v) is 6.65. The standard InChI is InChI=1S/C13H9ClFNO3S/c1-19-13(18)10-4-5-11(20-10)16-12(17)8-3-2-7(15)6-9(8)14/h2-6H,1H3,(H,16,17). The summed E-state index contributed by atoms with van der Waals surface area (Å²) in [6, 6.07) is 6.62. The summed E-state index contributed by atoms with van der Waals surface area (Å²) in [4.78, 5) is 23.6. The van der Waals surface area contributed by atoms with Crippen LogP contribution in [0.15, 0.2) is 30.3 Å². The van der Waals surface area contributed by atoms with Gasteiger partial charge in [0.15, 0.2) is 0 Å². The van der Waals surface area contributed by atoms with Gasteiger partial charge in [0.1, 0.15) is 10.7 Å². The van der Waals surface area contributed by atoms with Gasteiger partial charge in [-0.2, -0.15) is 0 Å². The molecule has 2 rings (SSSR count). The van der Waals surface area contributed by atoms with E-state index in [4.69, 9.17) is 11.6 Å². The third kappa shape index (κ3) is 3.15. The van der Waals surface area contributed by atoms with Crippen LogP contribution in [0.4, 0.5) is 9.39 Å². The normalized spacial score (nSPS) is 10.2. The smallest absolute Gasteiger partial charge is 0.348 e. The highest BCUT2D eigenvalue weighted by atomic mass is 35.5. The second-order valence-electron chi connectivity index (χ2n) is 3.73. The largest absolute Gasteiger partial charge is 0.465 e. The highest BCUT2D eigenvalue weighted by Gasteiger charge is 2.14. The first-order chi connectivity index (χ1) is 9.51. The maximum atomic E-state index is 12.9. The number of esters is 1. The van der Waals surface area contributed by atoms with Gasteiger partial charge in [-0.05, 0) is 30.3 Å². The molecule has 1 aromatic carbocycles. The molecule has 104 valence electrons. The number of hydrogen-bond acceptors (Lipinski definition) is 4. The van der Waals surface area contributed by atoms with E-state index in [1.165, 1.54) is 13.2 Å². The first-order valence-electron chi connectivity index (χ1n) is 5.46. The van der Waals surface area contributed by atoms with Gasteiger partial charge < -0.3 is 10.1 Å². The number of anilines is 1. The van der Waals surface area contributed by atoms with E-state index in [2.05, 4.69) is 10.1 Å². The lowest BCUT2D eigenvalue weighted by Gasteiger charge is -2.04. The van der Waals surface area contributed by atoms with Gasteiger partial charge >= 0.3 is 5.97 Å². The van der Waals surface area contributed by atoms with E-state index < -0.39 is 17.7 Å². The zero-order valence-corrected chi connectivity index (χ0v) is 11.8. The number of methoxy groups -OCH3 is 1. The minimum atomic E-state index is -0.518. The Balaban J connectivity index is 2.15. The van der Waals surface area contributed by atoms with E-state index in [9.17, 15) is 14.0 Å². The molecule has 4 nitrogen and oxygen atoms in total. The number of carbonyl (C=O) groups excluding carboxylic acids is 2. The van der Waals surface area contributed by atoms with Crippen LogP contribution in [-0.4, -0.2) is 19.0 Å². The summed E-state index contributed by atoms with van der Waals surface area (Å²) in [6.07, 6.45) is 0. The van der Waals surface area contributed by atoms with Gasteiger partial charge in [-0.3, -0.25) is 4.79 Å². The lowest BCUT2D eigenvalue weighted by molar-refractivity contribution is 0.0606. The van der Waals surface area contributed by atoms with Crippen LogP contribution in [0.5, 0.6) is 0 Å². The molecule has 0 bridgehead atoms. The minimum absolute atomic E-state index is 0.0206. The SMILES string of the molecule is COC(=O)c1ccc(NC(=O)c2ccc(F)cc2Cl)s1. The third-order valence-electron chi connectivity index (χ3n) is 2.41. The number of carbonyl (C=O) groups is 2. The summed E-state index contributed by atoms with van der Waals surface area (Å²) in [7, 11) is 1.28. The number of thiophene rings is 1. The third-order valence-corrected chi connectivity index (χ3v) is 3.70. The Hall–Kier alpha value is -1.92. The molecular formula is C13H9ClFNO3S. The second-order valence-corrected chi connectivity index (χ2v) is 5.22. The summed E-state index contributed by atoms with van der Waals surface area (Å²) < 4.78 is 17.5. The number of ether oxygens (including phenoxy) is 1. The fourth-order valence-corrected chi connectivity index (χ4v) is 2.54. The Bertz CT molecular complexity index is 671. The maximum absolute atomic E-state index is 12.9. The zero-order chi connectivity index (χ0) is 14.7. The van der Waals surface area contributed by atoms with Gasteiger partial charge in [-0.25, -0.2) is 9.18 Å². The molecular weight excluding hydrogens is 305 g/mol. The highest BCUT2D eigenvalue weighted by Crippen LogP contribution is 2.24. The molecule has 7 heteroatoms. The molecule has 1 heterocycles. The van der Waals surface area contributed by atoms with Crippen LogP contribution in [0.2, 0.25) is 5.02 Å². The average Bonchev–Trinajstić information content (AvgIpc) is 2.86. The second kappa shape index (κ2) is 6.02. The molecule has 0 spiro atoms. The van der Waals surface area contributed by atoms with Crippen LogP contribution in [0, 0.1) is 5.82 Å². The molecule has 0 saturated heterocycles. The van der Waals surface area contributed by atoms with Gasteiger partial charge in [0.25, 0.3) is 5.91 Å². The van der Waals surface area contributed by atoms with E-state index in [1.54, 1.807) is 12.1 Å². The lowest BCUT2D eigenvalue weighted by Crippen LogP contribution is -2.11. The predicted molar refractivity (Wildman–Crippen MR) is 75.0 cm³/mol. The summed E-state index contributed by atoms with van der Waals surface area (Å²) in [5.41, 5.74) is 0.154. The number of hydrogen-bond donors (Lipinski definition) is 1. The zero-order valence-electron chi connectivity index (χ0n) is 10.3. The van der Waals surface area contributed by atoms with Crippen LogP contribution in [0.3, 0.4) is 0 Å². The Morgan fingerprint density at radius 3 is 2.70 bits per heavy atom. The molecule has 0 aliphatic heterocycles. The molecule has 0 radical (unpaired) electrons. The average molecular weight is 314 g/mol. The van der Waals surface area contributed by atoms with Gasteiger partial charge in [0.2, 0.25) is 0 Å². The van der Waals surface area contributed by atoms with Crippen molar-refractivity contribution in [1.82, 2.24) is 0 Å². The Labute approximate surface area is 123 Å². The van der Waals surface area contributed by atoms with Crippen molar-refractivity contribution < 1.29 is 18.7 Å². The van der Waals surface area contributed by atoms with E-state index in [1.807, 2.05) is 0 Å². The van der Waals surface area contributed by atoms with E-state index in [-0.39, 0.29) is 10.6 Å². The number of nitrogens with one attached hydrogen (secondary N) is 1. The topological polar surface area (TPSA) is 55.4 Å². The summed E-state index contributed by atoms with van der Waals surface area (Å²) in [6.45, 7) is 0. The molecule has 0 aliphatic carbocycles. The number of halogens is 2. The van der Waals surface area contributed by atoms with Crippen LogP contribution in [0.1, 0.15) is 20.0 Å². The van der Waals surface area contributed by atoms with Crippen molar-refractivity contribution in [3.8, 4) is 0 Å². The molecule has 20 heavy (non-hydrogen) atoms. The lowest BCUT2D eigenvalue weighted by atomic mass is 10.2. The van der Waals surface area contributed by atoms with Crippen molar-refractivity contribution in [3.63, 3.8) is 0 Å². The molecule has 1 N–H and O–H groups in total. The highest BCUT2D eigenvalue weighted by molar-refractivity contribution is 7.18. The van der Waals surface area contributed by atoms with Gasteiger partial charge in [-0.15, -0.1) is 11.3 Å². The minimum Gasteiger partial charge on any atom is -0.465 e. The van der Waals surface area contributed by atoms with Crippen LogP contribution >= 0.6 is 22.9 Å². The van der Waals surface area contributed by atoms with Crippen LogP contribution in [0.25, 0.3) is 0 Å². The van der Waals surface area contributed by atoms with Crippen molar-refractivity contribution in [1.29, 1.82) is 0 Å². The molecule has 2 aromatic rings. The molecule has 1 aromatic heterocycles. The quantitative estimate of drug-likeness (QED) is 0.881. The van der Waals surface area contributed by atoms with Crippen molar-refractivity contribution in [2.45, 2.75) is 0 Å². The fraction of sp³-hybridized carbons (Fsp3) is 0.0769. The molecule has 0 atom stereocenters. The monoisotopic (exact) mass is 313 g/mol. The molecule has 0 fully saturated rings. The van der Waals surface area contributed by atoms with Crippen molar-refractivity contribution in [3.05, 3.63) is 51.6 Å². The van der Waals surface area contributed by atoms with E-state index >= 15 is 0 Å². The Morgan fingerprint density at radius 2 is 2.05 bits per heavy atom. The van der Waals surface area contributed by atoms with E-state index in [0.717, 1.165) is 23.5 Å². The Morgan fingerprint density at radius 1 is 1.30 bits per heavy atom. The summed E-state index contributed by atoms with van der Waals surface area (Å²) in [5.74, 6) is -1.47. The van der Waals surface area contributed by atoms with E-state index in [0.29, 0.717) is 9.88 Å². The number of amides is 1. The Kier molecular flexibility index (Phi) is 4.36.